The molecule has 0 bridgehead atoms. The molecule has 0 radical (unpaired) electrons. The van der Waals surface area contributed by atoms with Crippen molar-refractivity contribution in [1.82, 2.24) is 0 Å². The summed E-state index contributed by atoms with van der Waals surface area (Å²) in [6, 6.07) is 9.52. The number of rotatable bonds is 2. The number of anilines is 2. The van der Waals surface area contributed by atoms with E-state index < -0.39 is 0 Å². The van der Waals surface area contributed by atoms with Gasteiger partial charge in [0.1, 0.15) is 5.82 Å². The molecule has 0 fully saturated rings. The third kappa shape index (κ3) is 2.93. The molecular weight excluding hydrogens is 311 g/mol. The highest BCUT2D eigenvalue weighted by molar-refractivity contribution is 9.10. The first kappa shape index (κ1) is 13.5. The predicted molar refractivity (Wildman–Crippen MR) is 77.6 cm³/mol. The average Bonchev–Trinajstić information content (AvgIpc) is 2.34. The lowest BCUT2D eigenvalue weighted by molar-refractivity contribution is 0.102. The Bertz CT molecular complexity index is 643. The normalized spacial score (nSPS) is 10.3. The molecule has 0 aliphatic carbocycles. The Balaban J connectivity index is 2.28. The molecule has 0 saturated carbocycles. The second-order valence-electron chi connectivity index (χ2n) is 4.10. The summed E-state index contributed by atoms with van der Waals surface area (Å²) in [5.74, 6) is -0.722. The zero-order valence-corrected chi connectivity index (χ0v) is 11.8. The van der Waals surface area contributed by atoms with E-state index in [9.17, 15) is 9.18 Å². The molecule has 1 amide bonds. The van der Waals surface area contributed by atoms with Crippen LogP contribution in [0.1, 0.15) is 15.9 Å². The third-order valence-electron chi connectivity index (χ3n) is 2.77. The molecule has 3 nitrogen and oxygen atoms in total. The summed E-state index contributed by atoms with van der Waals surface area (Å²) < 4.78 is 14.2. The fourth-order valence-electron chi connectivity index (χ4n) is 1.67. The Hall–Kier alpha value is -1.88. The molecule has 2 rings (SSSR count). The first-order valence-electron chi connectivity index (χ1n) is 5.60. The molecule has 2 aromatic rings. The maximum absolute atomic E-state index is 13.4. The topological polar surface area (TPSA) is 55.1 Å². The quantitative estimate of drug-likeness (QED) is 0.828. The van der Waals surface area contributed by atoms with Crippen molar-refractivity contribution in [2.75, 3.05) is 11.1 Å². The van der Waals surface area contributed by atoms with E-state index >= 15 is 0 Å². The summed E-state index contributed by atoms with van der Waals surface area (Å²) in [5, 5.41) is 2.65. The molecule has 19 heavy (non-hydrogen) atoms. The Morgan fingerprint density at radius 1 is 1.32 bits per heavy atom. The van der Waals surface area contributed by atoms with E-state index in [2.05, 4.69) is 21.2 Å². The van der Waals surface area contributed by atoms with Gasteiger partial charge in [0, 0.05) is 21.4 Å². The number of nitrogen functional groups attached to an aromatic ring is 1. The first-order chi connectivity index (χ1) is 8.99. The Morgan fingerprint density at radius 3 is 2.74 bits per heavy atom. The first-order valence-corrected chi connectivity index (χ1v) is 6.40. The second-order valence-corrected chi connectivity index (χ2v) is 5.01. The fourth-order valence-corrected chi connectivity index (χ4v) is 2.05. The number of halogens is 2. The lowest BCUT2D eigenvalue weighted by Gasteiger charge is -2.10. The van der Waals surface area contributed by atoms with Gasteiger partial charge < -0.3 is 11.1 Å². The molecule has 98 valence electrons. The van der Waals surface area contributed by atoms with E-state index in [1.165, 1.54) is 6.07 Å². The minimum absolute atomic E-state index is 0.354. The number of nitrogens with two attached hydrogens (primary N) is 1. The maximum Gasteiger partial charge on any atom is 0.257 e. The number of carbonyl (C=O) groups excluding carboxylic acids is 1. The van der Waals surface area contributed by atoms with Gasteiger partial charge in [0.05, 0.1) is 5.56 Å². The van der Waals surface area contributed by atoms with Crippen LogP contribution in [0.3, 0.4) is 0 Å². The fraction of sp³-hybridized carbons (Fsp3) is 0.0714. The number of hydrogen-bond acceptors (Lipinski definition) is 2. The molecule has 0 aliphatic rings. The van der Waals surface area contributed by atoms with Crippen LogP contribution in [0.4, 0.5) is 15.8 Å². The highest BCUT2D eigenvalue weighted by atomic mass is 79.9. The van der Waals surface area contributed by atoms with Crippen molar-refractivity contribution < 1.29 is 9.18 Å². The monoisotopic (exact) mass is 322 g/mol. The number of benzene rings is 2. The Morgan fingerprint density at radius 2 is 2.05 bits per heavy atom. The molecule has 0 spiro atoms. The standard InChI is InChI=1S/C14H12BrFN2O/c1-8-11(16)3-2-4-13(8)18-14(19)10-6-5-9(15)7-12(10)17/h2-7H,17H2,1H3,(H,18,19). The molecular formula is C14H12BrFN2O. The third-order valence-corrected chi connectivity index (χ3v) is 3.27. The summed E-state index contributed by atoms with van der Waals surface area (Å²) in [4.78, 5) is 12.1. The van der Waals surface area contributed by atoms with Crippen molar-refractivity contribution in [1.29, 1.82) is 0 Å². The zero-order chi connectivity index (χ0) is 14.0. The highest BCUT2D eigenvalue weighted by Gasteiger charge is 2.12. The van der Waals surface area contributed by atoms with Gasteiger partial charge in [0.25, 0.3) is 5.91 Å². The van der Waals surface area contributed by atoms with E-state index in [0.717, 1.165) is 4.47 Å². The minimum Gasteiger partial charge on any atom is -0.398 e. The van der Waals surface area contributed by atoms with Crippen LogP contribution < -0.4 is 11.1 Å². The molecule has 5 heteroatoms. The van der Waals surface area contributed by atoms with Crippen LogP contribution in [-0.4, -0.2) is 5.91 Å². The molecule has 3 N–H and O–H groups in total. The Labute approximate surface area is 118 Å². The molecule has 0 atom stereocenters. The van der Waals surface area contributed by atoms with Crippen LogP contribution in [0.2, 0.25) is 0 Å². The minimum atomic E-state index is -0.362. The van der Waals surface area contributed by atoms with E-state index in [0.29, 0.717) is 22.5 Å². The summed E-state index contributed by atoms with van der Waals surface area (Å²) in [6.45, 7) is 1.61. The smallest absolute Gasteiger partial charge is 0.257 e. The van der Waals surface area contributed by atoms with Gasteiger partial charge in [-0.1, -0.05) is 22.0 Å². The van der Waals surface area contributed by atoms with Crippen LogP contribution >= 0.6 is 15.9 Å². The van der Waals surface area contributed by atoms with E-state index in [4.69, 9.17) is 5.73 Å². The maximum atomic E-state index is 13.4. The number of carbonyl (C=O) groups is 1. The summed E-state index contributed by atoms with van der Waals surface area (Å²) in [5.41, 5.74) is 7.33. The van der Waals surface area contributed by atoms with Crippen LogP contribution in [0.25, 0.3) is 0 Å². The largest absolute Gasteiger partial charge is 0.398 e. The van der Waals surface area contributed by atoms with Gasteiger partial charge in [0.2, 0.25) is 0 Å². The molecule has 2 aromatic carbocycles. The van der Waals surface area contributed by atoms with Crippen molar-refractivity contribution in [2.45, 2.75) is 6.92 Å². The summed E-state index contributed by atoms with van der Waals surface area (Å²) in [7, 11) is 0. The molecule has 0 heterocycles. The van der Waals surface area contributed by atoms with E-state index in [1.54, 1.807) is 37.3 Å². The van der Waals surface area contributed by atoms with Crippen molar-refractivity contribution in [2.24, 2.45) is 0 Å². The number of nitrogens with one attached hydrogen (secondary N) is 1. The molecule has 0 unspecified atom stereocenters. The van der Waals surface area contributed by atoms with E-state index in [-0.39, 0.29) is 11.7 Å². The number of hydrogen-bond donors (Lipinski definition) is 2. The highest BCUT2D eigenvalue weighted by Crippen LogP contribution is 2.22. The van der Waals surface area contributed by atoms with Crippen molar-refractivity contribution in [3.8, 4) is 0 Å². The number of amides is 1. The molecule has 0 aromatic heterocycles. The van der Waals surface area contributed by atoms with E-state index in [1.807, 2.05) is 0 Å². The van der Waals surface area contributed by atoms with Crippen LogP contribution in [0.15, 0.2) is 40.9 Å². The van der Waals surface area contributed by atoms with Gasteiger partial charge in [-0.3, -0.25) is 4.79 Å². The van der Waals surface area contributed by atoms with Gasteiger partial charge in [-0.05, 0) is 37.3 Å². The van der Waals surface area contributed by atoms with Crippen molar-refractivity contribution in [3.05, 3.63) is 57.8 Å². The SMILES string of the molecule is Cc1c(F)cccc1NC(=O)c1ccc(Br)cc1N. The van der Waals surface area contributed by atoms with Crippen LogP contribution in [-0.2, 0) is 0 Å². The van der Waals surface area contributed by atoms with Crippen molar-refractivity contribution in [3.63, 3.8) is 0 Å². The lowest BCUT2D eigenvalue weighted by Crippen LogP contribution is -2.15. The van der Waals surface area contributed by atoms with Crippen molar-refractivity contribution >= 4 is 33.2 Å². The van der Waals surface area contributed by atoms with Gasteiger partial charge in [-0.25, -0.2) is 4.39 Å². The predicted octanol–water partition coefficient (Wildman–Crippen LogP) is 3.73. The summed E-state index contributed by atoms with van der Waals surface area (Å²) >= 11 is 3.27. The Kier molecular flexibility index (Phi) is 3.85. The van der Waals surface area contributed by atoms with Gasteiger partial charge in [0.15, 0.2) is 0 Å². The van der Waals surface area contributed by atoms with Crippen LogP contribution in [0.5, 0.6) is 0 Å². The molecule has 0 saturated heterocycles. The molecule has 0 aliphatic heterocycles. The van der Waals surface area contributed by atoms with Gasteiger partial charge in [-0.2, -0.15) is 0 Å². The zero-order valence-electron chi connectivity index (χ0n) is 10.2. The van der Waals surface area contributed by atoms with Crippen LogP contribution in [0, 0.1) is 12.7 Å². The van der Waals surface area contributed by atoms with Gasteiger partial charge in [-0.15, -0.1) is 0 Å². The average molecular weight is 323 g/mol. The van der Waals surface area contributed by atoms with Gasteiger partial charge >= 0.3 is 0 Å². The second kappa shape index (κ2) is 5.40. The summed E-state index contributed by atoms with van der Waals surface area (Å²) in [6.07, 6.45) is 0. The lowest BCUT2D eigenvalue weighted by atomic mass is 10.1.